The Balaban J connectivity index is 2.56. The van der Waals surface area contributed by atoms with Gasteiger partial charge in [0.1, 0.15) is 5.75 Å². The maximum absolute atomic E-state index is 11.6. The number of hydrogen-bond donors (Lipinski definition) is 3. The number of nitrogens with one attached hydrogen (secondary N) is 2. The van der Waals surface area contributed by atoms with Crippen molar-refractivity contribution in [2.75, 3.05) is 10.6 Å². The van der Waals surface area contributed by atoms with Crippen LogP contribution in [-0.2, 0) is 15.0 Å². The van der Waals surface area contributed by atoms with E-state index in [0.717, 1.165) is 0 Å². The highest BCUT2D eigenvalue weighted by molar-refractivity contribution is 5.98. The first-order valence-corrected chi connectivity index (χ1v) is 5.75. The number of anilines is 2. The van der Waals surface area contributed by atoms with Crippen molar-refractivity contribution in [1.29, 1.82) is 0 Å². The molecular weight excluding hydrogens is 232 g/mol. The number of hydrogen-bond acceptors (Lipinski definition) is 3. The SMILES string of the molecule is CC(=O)Nc1ccc2c(c1O)C(C)(C)CC(=O)N2. The molecule has 0 bridgehead atoms. The molecule has 0 saturated carbocycles. The molecule has 96 valence electrons. The summed E-state index contributed by atoms with van der Waals surface area (Å²) in [4.78, 5) is 22.6. The number of benzene rings is 1. The minimum absolute atomic E-state index is 0.0210. The van der Waals surface area contributed by atoms with E-state index in [2.05, 4.69) is 10.6 Å². The molecule has 1 heterocycles. The molecule has 18 heavy (non-hydrogen) atoms. The third-order valence-corrected chi connectivity index (χ3v) is 3.04. The van der Waals surface area contributed by atoms with E-state index in [-0.39, 0.29) is 17.6 Å². The van der Waals surface area contributed by atoms with Crippen molar-refractivity contribution >= 4 is 23.2 Å². The molecule has 0 fully saturated rings. The largest absolute Gasteiger partial charge is 0.505 e. The Morgan fingerprint density at radius 3 is 2.72 bits per heavy atom. The molecule has 1 aliphatic rings. The van der Waals surface area contributed by atoms with Gasteiger partial charge in [-0.05, 0) is 12.1 Å². The lowest BCUT2D eigenvalue weighted by molar-refractivity contribution is -0.117. The number of fused-ring (bicyclic) bond motifs is 1. The van der Waals surface area contributed by atoms with Crippen molar-refractivity contribution in [1.82, 2.24) is 0 Å². The van der Waals surface area contributed by atoms with Crippen LogP contribution in [0.3, 0.4) is 0 Å². The fourth-order valence-electron chi connectivity index (χ4n) is 2.36. The Labute approximate surface area is 105 Å². The number of carbonyl (C=O) groups is 2. The summed E-state index contributed by atoms with van der Waals surface area (Å²) in [5, 5.41) is 15.5. The van der Waals surface area contributed by atoms with Crippen LogP contribution in [0.15, 0.2) is 12.1 Å². The first-order chi connectivity index (χ1) is 8.31. The van der Waals surface area contributed by atoms with Gasteiger partial charge in [-0.3, -0.25) is 9.59 Å². The van der Waals surface area contributed by atoms with Gasteiger partial charge in [0.25, 0.3) is 0 Å². The molecule has 0 atom stereocenters. The average molecular weight is 248 g/mol. The number of rotatable bonds is 1. The van der Waals surface area contributed by atoms with E-state index in [9.17, 15) is 14.7 Å². The molecule has 1 aliphatic heterocycles. The van der Waals surface area contributed by atoms with E-state index < -0.39 is 5.41 Å². The number of amides is 2. The lowest BCUT2D eigenvalue weighted by Gasteiger charge is -2.33. The summed E-state index contributed by atoms with van der Waals surface area (Å²) in [6.07, 6.45) is 0.303. The predicted molar refractivity (Wildman–Crippen MR) is 68.7 cm³/mol. The summed E-state index contributed by atoms with van der Waals surface area (Å²) in [5.41, 5.74) is 1.16. The van der Waals surface area contributed by atoms with E-state index in [0.29, 0.717) is 23.4 Å². The predicted octanol–water partition coefficient (Wildman–Crippen LogP) is 1.97. The average Bonchev–Trinajstić information content (AvgIpc) is 2.19. The molecule has 0 saturated heterocycles. The van der Waals surface area contributed by atoms with Crippen molar-refractivity contribution in [2.45, 2.75) is 32.6 Å². The molecular formula is C13H16N2O3. The van der Waals surface area contributed by atoms with E-state index in [1.54, 1.807) is 12.1 Å². The van der Waals surface area contributed by atoms with Crippen LogP contribution in [0.4, 0.5) is 11.4 Å². The summed E-state index contributed by atoms with van der Waals surface area (Å²) < 4.78 is 0. The Morgan fingerprint density at radius 2 is 2.11 bits per heavy atom. The van der Waals surface area contributed by atoms with Gasteiger partial charge >= 0.3 is 0 Å². The zero-order valence-electron chi connectivity index (χ0n) is 10.6. The second-order valence-corrected chi connectivity index (χ2v) is 5.17. The monoisotopic (exact) mass is 248 g/mol. The fourth-order valence-corrected chi connectivity index (χ4v) is 2.36. The van der Waals surface area contributed by atoms with Gasteiger partial charge in [0.2, 0.25) is 11.8 Å². The molecule has 2 amide bonds. The summed E-state index contributed by atoms with van der Waals surface area (Å²) >= 11 is 0. The molecule has 0 unspecified atom stereocenters. The number of carbonyl (C=O) groups excluding carboxylic acids is 2. The minimum atomic E-state index is -0.462. The van der Waals surface area contributed by atoms with Crippen LogP contribution in [0.5, 0.6) is 5.75 Å². The van der Waals surface area contributed by atoms with Crippen molar-refractivity contribution < 1.29 is 14.7 Å². The highest BCUT2D eigenvalue weighted by Crippen LogP contribution is 2.45. The third kappa shape index (κ3) is 2.03. The molecule has 5 nitrogen and oxygen atoms in total. The molecule has 1 aromatic rings. The van der Waals surface area contributed by atoms with E-state index >= 15 is 0 Å². The van der Waals surface area contributed by atoms with Gasteiger partial charge in [-0.15, -0.1) is 0 Å². The van der Waals surface area contributed by atoms with Crippen molar-refractivity contribution in [3.05, 3.63) is 17.7 Å². The Kier molecular flexibility index (Phi) is 2.77. The van der Waals surface area contributed by atoms with Gasteiger partial charge in [-0.1, -0.05) is 13.8 Å². The van der Waals surface area contributed by atoms with Crippen LogP contribution in [0.1, 0.15) is 32.8 Å². The Hall–Kier alpha value is -2.04. The zero-order chi connectivity index (χ0) is 13.5. The molecule has 3 N–H and O–H groups in total. The van der Waals surface area contributed by atoms with Gasteiger partial charge in [0.15, 0.2) is 0 Å². The van der Waals surface area contributed by atoms with Gasteiger partial charge in [0.05, 0.1) is 5.69 Å². The van der Waals surface area contributed by atoms with Crippen LogP contribution >= 0.6 is 0 Å². The molecule has 5 heteroatoms. The quantitative estimate of drug-likeness (QED) is 0.665. The van der Waals surface area contributed by atoms with Crippen molar-refractivity contribution in [3.8, 4) is 5.75 Å². The first-order valence-electron chi connectivity index (χ1n) is 5.75. The Bertz CT molecular complexity index is 535. The smallest absolute Gasteiger partial charge is 0.225 e. The van der Waals surface area contributed by atoms with Crippen LogP contribution in [-0.4, -0.2) is 16.9 Å². The number of phenols is 1. The van der Waals surface area contributed by atoms with Crippen molar-refractivity contribution in [2.24, 2.45) is 0 Å². The highest BCUT2D eigenvalue weighted by Gasteiger charge is 2.35. The van der Waals surface area contributed by atoms with Gasteiger partial charge in [-0.25, -0.2) is 0 Å². The standard InChI is InChI=1S/C13H16N2O3/c1-7(16)14-9-5-4-8-11(12(9)18)13(2,3)6-10(17)15-8/h4-5,18H,6H2,1-3H3,(H,14,16)(H,15,17). The molecule has 1 aromatic carbocycles. The molecule has 0 spiro atoms. The summed E-state index contributed by atoms with van der Waals surface area (Å²) in [7, 11) is 0. The third-order valence-electron chi connectivity index (χ3n) is 3.04. The second kappa shape index (κ2) is 4.01. The maximum Gasteiger partial charge on any atom is 0.225 e. The van der Waals surface area contributed by atoms with Crippen molar-refractivity contribution in [3.63, 3.8) is 0 Å². The lowest BCUT2D eigenvalue weighted by Crippen LogP contribution is -2.32. The summed E-state index contributed by atoms with van der Waals surface area (Å²) in [6.45, 7) is 5.16. The highest BCUT2D eigenvalue weighted by atomic mass is 16.3. The maximum atomic E-state index is 11.6. The Morgan fingerprint density at radius 1 is 1.44 bits per heavy atom. The molecule has 2 rings (SSSR count). The topological polar surface area (TPSA) is 78.4 Å². The van der Waals surface area contributed by atoms with Gasteiger partial charge < -0.3 is 15.7 Å². The summed E-state index contributed by atoms with van der Waals surface area (Å²) in [5.74, 6) is -0.297. The lowest BCUT2D eigenvalue weighted by atomic mass is 9.77. The molecule has 0 aliphatic carbocycles. The van der Waals surface area contributed by atoms with E-state index in [1.807, 2.05) is 13.8 Å². The zero-order valence-corrected chi connectivity index (χ0v) is 10.6. The van der Waals surface area contributed by atoms with Crippen LogP contribution in [0.2, 0.25) is 0 Å². The second-order valence-electron chi connectivity index (χ2n) is 5.17. The van der Waals surface area contributed by atoms with Gasteiger partial charge in [-0.2, -0.15) is 0 Å². The van der Waals surface area contributed by atoms with E-state index in [1.165, 1.54) is 6.92 Å². The fraction of sp³-hybridized carbons (Fsp3) is 0.385. The first kappa shape index (κ1) is 12.4. The van der Waals surface area contributed by atoms with Crippen LogP contribution < -0.4 is 10.6 Å². The van der Waals surface area contributed by atoms with E-state index in [4.69, 9.17) is 0 Å². The normalized spacial score (nSPS) is 16.7. The number of aromatic hydroxyl groups is 1. The molecule has 0 radical (unpaired) electrons. The van der Waals surface area contributed by atoms with Gasteiger partial charge in [0, 0.05) is 30.0 Å². The number of phenolic OH excluding ortho intramolecular Hbond substituents is 1. The minimum Gasteiger partial charge on any atom is -0.505 e. The van der Waals surface area contributed by atoms with Crippen LogP contribution in [0.25, 0.3) is 0 Å². The van der Waals surface area contributed by atoms with Crippen LogP contribution in [0, 0.1) is 0 Å². The summed E-state index contributed by atoms with van der Waals surface area (Å²) in [6, 6.07) is 3.27. The molecule has 0 aromatic heterocycles.